The molecule has 2 amide bonds. The van der Waals surface area contributed by atoms with Gasteiger partial charge < -0.3 is 10.1 Å². The third kappa shape index (κ3) is 7.47. The van der Waals surface area contributed by atoms with Crippen LogP contribution >= 0.6 is 11.8 Å². The van der Waals surface area contributed by atoms with Crippen LogP contribution < -0.4 is 5.32 Å². The van der Waals surface area contributed by atoms with Crippen LogP contribution in [0.1, 0.15) is 40.0 Å². The van der Waals surface area contributed by atoms with Gasteiger partial charge in [-0.3, -0.25) is 14.5 Å². The number of hydrogen-bond donors (Lipinski definition) is 1. The number of amidine groups is 1. The van der Waals surface area contributed by atoms with E-state index >= 15 is 0 Å². The van der Waals surface area contributed by atoms with Gasteiger partial charge in [-0.1, -0.05) is 43.8 Å². The van der Waals surface area contributed by atoms with Crippen molar-refractivity contribution in [2.75, 3.05) is 31.6 Å². The molecule has 39 heavy (non-hydrogen) atoms. The molecule has 0 spiro atoms. The molecule has 0 saturated carbocycles. The lowest BCUT2D eigenvalue weighted by atomic mass is 10.0. The van der Waals surface area contributed by atoms with Gasteiger partial charge in [-0.15, -0.1) is 0 Å². The lowest BCUT2D eigenvalue weighted by molar-refractivity contribution is -0.129. The Morgan fingerprint density at radius 1 is 1.05 bits per heavy atom. The Hall–Kier alpha value is -2.73. The molecule has 2 atom stereocenters. The van der Waals surface area contributed by atoms with Crippen LogP contribution in [0, 0.1) is 5.92 Å². The number of aliphatic imine (C=N–C) groups is 1. The maximum Gasteiger partial charge on any atom is 0.243 e. The van der Waals surface area contributed by atoms with Crippen LogP contribution in [0.2, 0.25) is 0 Å². The summed E-state index contributed by atoms with van der Waals surface area (Å²) in [6.45, 7) is 7.70. The molecule has 9 nitrogen and oxygen atoms in total. The van der Waals surface area contributed by atoms with Gasteiger partial charge in [0, 0.05) is 31.2 Å². The lowest BCUT2D eigenvalue weighted by Gasteiger charge is -2.26. The van der Waals surface area contributed by atoms with Gasteiger partial charge in [0.25, 0.3) is 0 Å². The number of carbonyl (C=O) groups is 2. The van der Waals surface area contributed by atoms with Crippen LogP contribution in [0.25, 0.3) is 0 Å². The van der Waals surface area contributed by atoms with Crippen LogP contribution in [0.15, 0.2) is 64.5 Å². The second-order valence-corrected chi connectivity index (χ2v) is 13.3. The number of carbonyl (C=O) groups excluding carboxylic acids is 2. The molecule has 0 bridgehead atoms. The number of thioether (sulfide) groups is 1. The SMILES string of the molecule is CC(C)CC[C@H](C)N1C(=O)[C@H](CC(=O)Nc2ccccc2)SC1=Nc1ccc(S(=O)(=O)N2CCOCC2)cc1. The lowest BCUT2D eigenvalue weighted by Crippen LogP contribution is -2.40. The molecule has 4 rings (SSSR count). The number of nitrogens with one attached hydrogen (secondary N) is 1. The topological polar surface area (TPSA) is 108 Å². The summed E-state index contributed by atoms with van der Waals surface area (Å²) in [5, 5.41) is 2.79. The summed E-state index contributed by atoms with van der Waals surface area (Å²) in [4.78, 5) is 32.9. The van der Waals surface area contributed by atoms with Crippen molar-refractivity contribution in [3.63, 3.8) is 0 Å². The van der Waals surface area contributed by atoms with Crippen molar-refractivity contribution in [1.29, 1.82) is 0 Å². The van der Waals surface area contributed by atoms with E-state index in [2.05, 4.69) is 19.2 Å². The van der Waals surface area contributed by atoms with Crippen LogP contribution in [0.4, 0.5) is 11.4 Å². The summed E-state index contributed by atoms with van der Waals surface area (Å²) in [5.74, 6) is 0.122. The van der Waals surface area contributed by atoms with Gasteiger partial charge in [0.1, 0.15) is 5.25 Å². The van der Waals surface area contributed by atoms with Crippen LogP contribution in [0.5, 0.6) is 0 Å². The van der Waals surface area contributed by atoms with Gasteiger partial charge in [0.05, 0.1) is 23.8 Å². The number of hydrogen-bond acceptors (Lipinski definition) is 7. The summed E-state index contributed by atoms with van der Waals surface area (Å²) < 4.78 is 32.6. The zero-order valence-corrected chi connectivity index (χ0v) is 24.2. The van der Waals surface area contributed by atoms with E-state index in [1.807, 2.05) is 25.1 Å². The number of rotatable bonds is 10. The van der Waals surface area contributed by atoms with Crippen molar-refractivity contribution in [2.24, 2.45) is 10.9 Å². The molecule has 210 valence electrons. The van der Waals surface area contributed by atoms with Gasteiger partial charge in [0.15, 0.2) is 5.17 Å². The fourth-order valence-electron chi connectivity index (χ4n) is 4.44. The van der Waals surface area contributed by atoms with E-state index < -0.39 is 15.3 Å². The van der Waals surface area contributed by atoms with Crippen molar-refractivity contribution in [3.05, 3.63) is 54.6 Å². The Morgan fingerprint density at radius 2 is 1.72 bits per heavy atom. The fourth-order valence-corrected chi connectivity index (χ4v) is 7.10. The highest BCUT2D eigenvalue weighted by molar-refractivity contribution is 8.15. The van der Waals surface area contributed by atoms with Crippen molar-refractivity contribution in [1.82, 2.24) is 9.21 Å². The molecule has 2 aliphatic rings. The number of morpholine rings is 1. The van der Waals surface area contributed by atoms with Gasteiger partial charge >= 0.3 is 0 Å². The van der Waals surface area contributed by atoms with Gasteiger partial charge in [-0.2, -0.15) is 4.31 Å². The van der Waals surface area contributed by atoms with E-state index in [9.17, 15) is 18.0 Å². The molecule has 0 radical (unpaired) electrons. The minimum atomic E-state index is -3.61. The highest BCUT2D eigenvalue weighted by atomic mass is 32.2. The summed E-state index contributed by atoms with van der Waals surface area (Å²) >= 11 is 1.28. The molecular formula is C28H36N4O5S2. The predicted octanol–water partition coefficient (Wildman–Crippen LogP) is 4.49. The predicted molar refractivity (Wildman–Crippen MR) is 155 cm³/mol. The average molecular weight is 573 g/mol. The second-order valence-electron chi connectivity index (χ2n) is 10.2. The second kappa shape index (κ2) is 13.1. The first-order chi connectivity index (χ1) is 18.6. The van der Waals surface area contributed by atoms with Gasteiger partial charge in [-0.25, -0.2) is 13.4 Å². The number of nitrogens with zero attached hydrogens (tertiary/aromatic N) is 3. The molecule has 2 aromatic carbocycles. The third-order valence-corrected chi connectivity index (χ3v) is 9.73. The minimum absolute atomic E-state index is 0.0293. The zero-order valence-electron chi connectivity index (χ0n) is 22.6. The number of ether oxygens (including phenoxy) is 1. The van der Waals surface area contributed by atoms with Crippen molar-refractivity contribution >= 4 is 50.1 Å². The maximum atomic E-state index is 13.5. The first-order valence-corrected chi connectivity index (χ1v) is 15.6. The van der Waals surface area contributed by atoms with Crippen molar-refractivity contribution in [2.45, 2.75) is 56.2 Å². The van der Waals surface area contributed by atoms with Gasteiger partial charge in [-0.05, 0) is 62.1 Å². The summed E-state index contributed by atoms with van der Waals surface area (Å²) in [5.41, 5.74) is 1.22. The molecule has 2 aromatic rings. The smallest absolute Gasteiger partial charge is 0.243 e. The highest BCUT2D eigenvalue weighted by Gasteiger charge is 2.41. The Bertz CT molecular complexity index is 1280. The summed E-state index contributed by atoms with van der Waals surface area (Å²) in [6.07, 6.45) is 1.79. The standard InChI is InChI=1S/C28H36N4O5S2/c1-20(2)9-10-21(3)32-27(34)25(19-26(33)29-22-7-5-4-6-8-22)38-28(32)30-23-11-13-24(14-12-23)39(35,36)31-15-17-37-18-16-31/h4-8,11-14,20-21,25H,9-10,15-19H2,1-3H3,(H,29,33)/t21-,25-/m0/s1. The van der Waals surface area contributed by atoms with E-state index in [1.165, 1.54) is 16.1 Å². The summed E-state index contributed by atoms with van der Waals surface area (Å²) in [7, 11) is -3.61. The molecule has 11 heteroatoms. The van der Waals surface area contributed by atoms with Crippen molar-refractivity contribution < 1.29 is 22.7 Å². The normalized spacial score (nSPS) is 20.5. The number of benzene rings is 2. The molecule has 1 N–H and O–H groups in total. The van der Waals surface area contributed by atoms with Crippen LogP contribution in [-0.4, -0.2) is 72.2 Å². The van der Waals surface area contributed by atoms with Crippen LogP contribution in [-0.2, 0) is 24.3 Å². The number of para-hydroxylation sites is 1. The van der Waals surface area contributed by atoms with E-state index in [-0.39, 0.29) is 29.2 Å². The molecule has 2 aliphatic heterocycles. The monoisotopic (exact) mass is 572 g/mol. The van der Waals surface area contributed by atoms with Gasteiger partial charge in [0.2, 0.25) is 21.8 Å². The molecule has 2 saturated heterocycles. The Balaban J connectivity index is 1.53. The molecule has 2 heterocycles. The third-order valence-electron chi connectivity index (χ3n) is 6.67. The first kappa shape index (κ1) is 29.3. The molecule has 0 unspecified atom stereocenters. The van der Waals surface area contributed by atoms with E-state index in [4.69, 9.17) is 9.73 Å². The summed E-state index contributed by atoms with van der Waals surface area (Å²) in [6, 6.07) is 15.5. The van der Waals surface area contributed by atoms with Crippen LogP contribution in [0.3, 0.4) is 0 Å². The average Bonchev–Trinajstić information content (AvgIpc) is 3.22. The minimum Gasteiger partial charge on any atom is -0.379 e. The molecular weight excluding hydrogens is 536 g/mol. The van der Waals surface area contributed by atoms with E-state index in [0.29, 0.717) is 48.8 Å². The molecule has 0 aliphatic carbocycles. The Morgan fingerprint density at radius 3 is 2.36 bits per heavy atom. The quantitative estimate of drug-likeness (QED) is 0.449. The maximum absolute atomic E-state index is 13.5. The molecule has 2 fully saturated rings. The zero-order chi connectivity index (χ0) is 28.0. The molecule has 0 aromatic heterocycles. The largest absolute Gasteiger partial charge is 0.379 e. The fraction of sp³-hybridized carbons (Fsp3) is 0.464. The van der Waals surface area contributed by atoms with E-state index in [1.54, 1.807) is 41.3 Å². The van der Waals surface area contributed by atoms with Crippen molar-refractivity contribution in [3.8, 4) is 0 Å². The Kier molecular flexibility index (Phi) is 9.81. The number of sulfonamides is 1. The number of amides is 2. The Labute approximate surface area is 235 Å². The highest BCUT2D eigenvalue weighted by Crippen LogP contribution is 2.35. The van der Waals surface area contributed by atoms with E-state index in [0.717, 1.165) is 12.8 Å². The number of anilines is 1. The first-order valence-electron chi connectivity index (χ1n) is 13.3.